The highest BCUT2D eigenvalue weighted by Crippen LogP contribution is 2.27. The molecule has 0 aliphatic carbocycles. The zero-order chi connectivity index (χ0) is 24.0. The summed E-state index contributed by atoms with van der Waals surface area (Å²) < 4.78 is 12.2. The number of fused-ring (bicyclic) bond motifs is 3. The molecule has 9 nitrogen and oxygen atoms in total. The second-order valence-corrected chi connectivity index (χ2v) is 8.21. The highest BCUT2D eigenvalue weighted by molar-refractivity contribution is 5.77. The van der Waals surface area contributed by atoms with Crippen molar-refractivity contribution in [2.24, 2.45) is 7.05 Å². The molecule has 2 aromatic carbocycles. The second-order valence-electron chi connectivity index (χ2n) is 8.21. The van der Waals surface area contributed by atoms with Gasteiger partial charge in [0.05, 0.1) is 0 Å². The highest BCUT2D eigenvalue weighted by Gasteiger charge is 2.23. The smallest absolute Gasteiger partial charge is 0.332 e. The Morgan fingerprint density at radius 2 is 1.62 bits per heavy atom. The molecule has 5 aromatic rings. The average Bonchev–Trinajstić information content (AvgIpc) is 3.34. The number of aliphatic hydroxyl groups is 1. The summed E-state index contributed by atoms with van der Waals surface area (Å²) in [5, 5.41) is 9.18. The van der Waals surface area contributed by atoms with Gasteiger partial charge in [0.2, 0.25) is 5.78 Å². The number of nitrogens with zero attached hydrogens (tertiary/aromatic N) is 5. The van der Waals surface area contributed by atoms with Gasteiger partial charge in [-0.25, -0.2) is 4.79 Å². The van der Waals surface area contributed by atoms with Gasteiger partial charge in [0.1, 0.15) is 11.5 Å². The molecule has 0 saturated carbocycles. The van der Waals surface area contributed by atoms with Crippen LogP contribution in [-0.4, -0.2) is 34.8 Å². The minimum Gasteiger partial charge on any atom is -0.457 e. The summed E-state index contributed by atoms with van der Waals surface area (Å²) in [4.78, 5) is 30.8. The first-order valence-corrected chi connectivity index (χ1v) is 11.1. The molecule has 1 N–H and O–H groups in total. The number of hydrogen-bond acceptors (Lipinski definition) is 5. The van der Waals surface area contributed by atoms with E-state index in [1.165, 1.54) is 4.57 Å². The molecule has 5 rings (SSSR count). The van der Waals surface area contributed by atoms with Crippen molar-refractivity contribution in [3.05, 3.63) is 86.8 Å². The molecule has 174 valence electrons. The Labute approximate surface area is 194 Å². The lowest BCUT2D eigenvalue weighted by Crippen LogP contribution is -2.39. The summed E-state index contributed by atoms with van der Waals surface area (Å²) in [6, 6.07) is 17.2. The Morgan fingerprint density at radius 3 is 2.29 bits per heavy atom. The maximum Gasteiger partial charge on any atom is 0.332 e. The number of aromatic nitrogens is 5. The molecule has 0 unspecified atom stereocenters. The molecule has 0 bridgehead atoms. The van der Waals surface area contributed by atoms with Crippen molar-refractivity contribution >= 4 is 16.9 Å². The first-order chi connectivity index (χ1) is 16.4. The monoisotopic (exact) mass is 459 g/mol. The van der Waals surface area contributed by atoms with Gasteiger partial charge in [-0.05, 0) is 56.7 Å². The molecule has 0 atom stereocenters. The fourth-order valence-corrected chi connectivity index (χ4v) is 4.27. The summed E-state index contributed by atoms with van der Waals surface area (Å²) in [7, 11) is 1.61. The van der Waals surface area contributed by atoms with E-state index in [-0.39, 0.29) is 13.2 Å². The summed E-state index contributed by atoms with van der Waals surface area (Å²) in [6.07, 6.45) is 0.318. The Balaban J connectivity index is 1.67. The van der Waals surface area contributed by atoms with Crippen LogP contribution in [0.3, 0.4) is 0 Å². The van der Waals surface area contributed by atoms with Crippen molar-refractivity contribution in [1.29, 1.82) is 0 Å². The predicted molar refractivity (Wildman–Crippen MR) is 129 cm³/mol. The van der Waals surface area contributed by atoms with Gasteiger partial charge in [0.15, 0.2) is 11.2 Å². The number of aliphatic hydroxyl groups excluding tert-OH is 1. The van der Waals surface area contributed by atoms with Crippen molar-refractivity contribution in [2.75, 3.05) is 6.61 Å². The number of rotatable bonds is 6. The summed E-state index contributed by atoms with van der Waals surface area (Å²) in [5.41, 5.74) is 2.45. The van der Waals surface area contributed by atoms with Crippen LogP contribution in [-0.2, 0) is 13.6 Å². The van der Waals surface area contributed by atoms with E-state index in [1.807, 2.05) is 73.0 Å². The first kappa shape index (κ1) is 21.7. The molecule has 9 heteroatoms. The number of para-hydroxylation sites is 1. The molecule has 0 aliphatic rings. The molecule has 34 heavy (non-hydrogen) atoms. The minimum atomic E-state index is -0.449. The van der Waals surface area contributed by atoms with Crippen molar-refractivity contribution in [2.45, 2.75) is 26.8 Å². The van der Waals surface area contributed by atoms with Crippen LogP contribution in [0.15, 0.2) is 64.2 Å². The molecule has 3 aromatic heterocycles. The van der Waals surface area contributed by atoms with E-state index in [1.54, 1.807) is 11.4 Å². The van der Waals surface area contributed by atoms with Crippen LogP contribution in [0.4, 0.5) is 0 Å². The maximum atomic E-state index is 13.3. The normalized spacial score (nSPS) is 11.5. The first-order valence-electron chi connectivity index (χ1n) is 11.1. The van der Waals surface area contributed by atoms with Gasteiger partial charge in [-0.15, -0.1) is 0 Å². The van der Waals surface area contributed by atoms with E-state index in [4.69, 9.17) is 9.72 Å². The van der Waals surface area contributed by atoms with E-state index >= 15 is 0 Å². The molecule has 0 saturated heterocycles. The lowest BCUT2D eigenvalue weighted by Gasteiger charge is -2.09. The molecule has 0 fully saturated rings. The Bertz CT molecular complexity index is 1620. The quantitative estimate of drug-likeness (QED) is 0.421. The lowest BCUT2D eigenvalue weighted by atomic mass is 10.2. The Hall–Kier alpha value is -4.11. The fourth-order valence-electron chi connectivity index (χ4n) is 4.27. The average molecular weight is 460 g/mol. The van der Waals surface area contributed by atoms with Gasteiger partial charge in [0.25, 0.3) is 5.56 Å². The van der Waals surface area contributed by atoms with Crippen LogP contribution in [0.2, 0.25) is 0 Å². The van der Waals surface area contributed by atoms with Crippen molar-refractivity contribution < 1.29 is 9.84 Å². The highest BCUT2D eigenvalue weighted by atomic mass is 16.5. The standard InChI is InChI=1S/C25H25N5O4/c1-16-17(2)30-21-22(27(3)25(33)28(23(21)32)14-7-15-31)26-24(30)29(16)18-10-12-20(13-11-18)34-19-8-5-4-6-9-19/h4-6,8-13,31H,7,14-15H2,1-3H3. The molecular formula is C25H25N5O4. The zero-order valence-electron chi connectivity index (χ0n) is 19.2. The summed E-state index contributed by atoms with van der Waals surface area (Å²) in [5.74, 6) is 2.01. The molecule has 0 radical (unpaired) electrons. The topological polar surface area (TPSA) is 95.7 Å². The van der Waals surface area contributed by atoms with Gasteiger partial charge in [-0.3, -0.25) is 22.9 Å². The molecule has 0 spiro atoms. The number of benzene rings is 2. The zero-order valence-corrected chi connectivity index (χ0v) is 19.2. The van der Waals surface area contributed by atoms with Gasteiger partial charge < -0.3 is 9.84 Å². The third kappa shape index (κ3) is 3.32. The number of ether oxygens (including phenoxy) is 1. The summed E-state index contributed by atoms with van der Waals surface area (Å²) in [6.45, 7) is 3.94. The van der Waals surface area contributed by atoms with Crippen LogP contribution >= 0.6 is 0 Å². The fraction of sp³-hybridized carbons (Fsp3) is 0.240. The van der Waals surface area contributed by atoms with Crippen molar-refractivity contribution in [3.63, 3.8) is 0 Å². The SMILES string of the molecule is Cc1c(C)n2c3c(=O)n(CCCO)c(=O)n(C)c3nc2n1-c1ccc(Oc2ccccc2)cc1. The van der Waals surface area contributed by atoms with E-state index in [0.29, 0.717) is 29.1 Å². The second kappa shape index (κ2) is 8.35. The Morgan fingerprint density at radius 1 is 0.941 bits per heavy atom. The Kier molecular flexibility index (Phi) is 5.33. The third-order valence-corrected chi connectivity index (χ3v) is 6.13. The number of hydrogen-bond donors (Lipinski definition) is 1. The van der Waals surface area contributed by atoms with Gasteiger partial charge in [-0.2, -0.15) is 4.98 Å². The van der Waals surface area contributed by atoms with E-state index in [0.717, 1.165) is 27.4 Å². The van der Waals surface area contributed by atoms with Crippen LogP contribution in [0.25, 0.3) is 22.6 Å². The third-order valence-electron chi connectivity index (χ3n) is 6.13. The van der Waals surface area contributed by atoms with Crippen LogP contribution in [0.1, 0.15) is 17.8 Å². The molecule has 0 aliphatic heterocycles. The van der Waals surface area contributed by atoms with E-state index in [2.05, 4.69) is 0 Å². The lowest BCUT2D eigenvalue weighted by molar-refractivity contribution is 0.277. The van der Waals surface area contributed by atoms with Gasteiger partial charge in [-0.1, -0.05) is 18.2 Å². The van der Waals surface area contributed by atoms with E-state index < -0.39 is 11.2 Å². The minimum absolute atomic E-state index is 0.103. The number of aryl methyl sites for hydroxylation is 2. The van der Waals surface area contributed by atoms with Crippen LogP contribution in [0, 0.1) is 13.8 Å². The summed E-state index contributed by atoms with van der Waals surface area (Å²) >= 11 is 0. The maximum absolute atomic E-state index is 13.3. The number of imidazole rings is 2. The van der Waals surface area contributed by atoms with Gasteiger partial charge >= 0.3 is 5.69 Å². The molecule has 3 heterocycles. The molecule has 0 amide bonds. The van der Waals surface area contributed by atoms with Crippen molar-refractivity contribution in [3.8, 4) is 17.2 Å². The van der Waals surface area contributed by atoms with Crippen molar-refractivity contribution in [1.82, 2.24) is 23.1 Å². The van der Waals surface area contributed by atoms with Gasteiger partial charge in [0, 0.05) is 37.3 Å². The van der Waals surface area contributed by atoms with Crippen LogP contribution < -0.4 is 16.0 Å². The largest absolute Gasteiger partial charge is 0.457 e. The van der Waals surface area contributed by atoms with E-state index in [9.17, 15) is 14.7 Å². The van der Waals surface area contributed by atoms with Crippen LogP contribution in [0.5, 0.6) is 11.5 Å². The molecular weight excluding hydrogens is 434 g/mol. The predicted octanol–water partition coefficient (Wildman–Crippen LogP) is 2.93.